The molecule has 108 valence electrons. The molecule has 0 spiro atoms. The second kappa shape index (κ2) is 5.64. The Hall–Kier alpha value is -1.61. The van der Waals surface area contributed by atoms with Gasteiger partial charge < -0.3 is 9.66 Å². The molecule has 2 heterocycles. The Morgan fingerprint density at radius 2 is 2.19 bits per heavy atom. The number of aromatic nitrogens is 3. The number of hydrogen-bond acceptors (Lipinski definition) is 6. The number of fused-ring (bicyclic) bond motifs is 1. The SMILES string of the molecule is O=S(O)C(c1ncns1)c1cc(Cl)c2cccnc2c1O. The summed E-state index contributed by atoms with van der Waals surface area (Å²) >= 11 is 4.88. The number of pyridine rings is 1. The number of phenolic OH excluding ortho intramolecular Hbond substituents is 1. The number of benzene rings is 1. The number of rotatable bonds is 3. The summed E-state index contributed by atoms with van der Waals surface area (Å²) in [6, 6.07) is 4.87. The van der Waals surface area contributed by atoms with Crippen LogP contribution >= 0.6 is 23.1 Å². The van der Waals surface area contributed by atoms with Gasteiger partial charge in [-0.15, -0.1) is 0 Å². The van der Waals surface area contributed by atoms with Gasteiger partial charge >= 0.3 is 0 Å². The molecule has 2 aromatic heterocycles. The van der Waals surface area contributed by atoms with E-state index in [9.17, 15) is 13.9 Å². The Balaban J connectivity index is 2.28. The van der Waals surface area contributed by atoms with Crippen molar-refractivity contribution in [3.8, 4) is 5.75 Å². The van der Waals surface area contributed by atoms with Gasteiger partial charge in [-0.3, -0.25) is 4.98 Å². The topological polar surface area (TPSA) is 96.2 Å². The van der Waals surface area contributed by atoms with E-state index < -0.39 is 16.3 Å². The van der Waals surface area contributed by atoms with E-state index in [4.69, 9.17) is 11.6 Å². The lowest BCUT2D eigenvalue weighted by Crippen LogP contribution is -2.08. The Labute approximate surface area is 130 Å². The van der Waals surface area contributed by atoms with Gasteiger partial charge in [0.2, 0.25) is 0 Å². The van der Waals surface area contributed by atoms with E-state index in [-0.39, 0.29) is 16.8 Å². The summed E-state index contributed by atoms with van der Waals surface area (Å²) in [5.74, 6) is -0.183. The molecule has 0 fully saturated rings. The third-order valence-corrected chi connectivity index (χ3v) is 5.00. The van der Waals surface area contributed by atoms with Gasteiger partial charge in [0, 0.05) is 17.1 Å². The van der Waals surface area contributed by atoms with E-state index in [0.29, 0.717) is 15.4 Å². The fraction of sp³-hybridized carbons (Fsp3) is 0.0833. The molecule has 0 bridgehead atoms. The minimum Gasteiger partial charge on any atom is -0.505 e. The second-order valence-electron chi connectivity index (χ2n) is 4.13. The van der Waals surface area contributed by atoms with Gasteiger partial charge in [0.25, 0.3) is 0 Å². The molecular formula is C12H8ClN3O3S2. The molecular weight excluding hydrogens is 334 g/mol. The maximum absolute atomic E-state index is 11.7. The monoisotopic (exact) mass is 341 g/mol. The minimum atomic E-state index is -2.28. The molecule has 0 saturated heterocycles. The zero-order valence-electron chi connectivity index (χ0n) is 10.3. The maximum atomic E-state index is 11.7. The molecule has 0 radical (unpaired) electrons. The zero-order chi connectivity index (χ0) is 15.0. The second-order valence-corrected chi connectivity index (χ2v) is 6.37. The fourth-order valence-corrected chi connectivity index (χ4v) is 3.83. The van der Waals surface area contributed by atoms with Gasteiger partial charge in [-0.25, -0.2) is 9.19 Å². The standard InChI is InChI=1S/C12H8ClN3O3S2/c13-8-4-7(10(17)9-6(8)2-1-3-14-9)11(21(18)19)12-15-5-16-20-12/h1-5,11,17H,(H,18,19). The van der Waals surface area contributed by atoms with Gasteiger partial charge in [-0.05, 0) is 29.7 Å². The molecule has 0 amide bonds. The van der Waals surface area contributed by atoms with Gasteiger partial charge in [0.1, 0.15) is 27.9 Å². The van der Waals surface area contributed by atoms with Crippen molar-refractivity contribution in [2.75, 3.05) is 0 Å². The van der Waals surface area contributed by atoms with Gasteiger partial charge in [-0.1, -0.05) is 11.6 Å². The van der Waals surface area contributed by atoms with Crippen LogP contribution in [0.15, 0.2) is 30.7 Å². The first-order valence-corrected chi connectivity index (χ1v) is 8.04. The third kappa shape index (κ3) is 2.51. The average molecular weight is 342 g/mol. The quantitative estimate of drug-likeness (QED) is 0.711. The summed E-state index contributed by atoms with van der Waals surface area (Å²) < 4.78 is 25.1. The van der Waals surface area contributed by atoms with Crippen molar-refractivity contribution in [2.24, 2.45) is 0 Å². The molecule has 21 heavy (non-hydrogen) atoms. The summed E-state index contributed by atoms with van der Waals surface area (Å²) in [4.78, 5) is 8.02. The predicted molar refractivity (Wildman–Crippen MR) is 80.9 cm³/mol. The summed E-state index contributed by atoms with van der Waals surface area (Å²) in [7, 11) is 0. The molecule has 3 rings (SSSR count). The van der Waals surface area contributed by atoms with E-state index in [1.165, 1.54) is 18.6 Å². The van der Waals surface area contributed by atoms with Crippen LogP contribution < -0.4 is 0 Å². The molecule has 0 aliphatic heterocycles. The molecule has 2 N–H and O–H groups in total. The molecule has 9 heteroatoms. The number of nitrogens with zero attached hydrogens (tertiary/aromatic N) is 3. The molecule has 6 nitrogen and oxygen atoms in total. The van der Waals surface area contributed by atoms with Crippen molar-refractivity contribution in [3.63, 3.8) is 0 Å². The summed E-state index contributed by atoms with van der Waals surface area (Å²) in [6.07, 6.45) is 2.80. The minimum absolute atomic E-state index is 0.183. The Bertz CT molecular complexity index is 826. The third-order valence-electron chi connectivity index (χ3n) is 2.93. The number of hydrogen-bond donors (Lipinski definition) is 2. The average Bonchev–Trinajstić information content (AvgIpc) is 2.98. The fourth-order valence-electron chi connectivity index (χ4n) is 2.03. The smallest absolute Gasteiger partial charge is 0.167 e. The van der Waals surface area contributed by atoms with E-state index >= 15 is 0 Å². The van der Waals surface area contributed by atoms with Crippen LogP contribution in [0, 0.1) is 0 Å². The first-order valence-electron chi connectivity index (χ1n) is 5.72. The maximum Gasteiger partial charge on any atom is 0.167 e. The highest BCUT2D eigenvalue weighted by Crippen LogP contribution is 2.40. The van der Waals surface area contributed by atoms with Gasteiger partial charge in [-0.2, -0.15) is 4.37 Å². The molecule has 0 aliphatic carbocycles. The first-order chi connectivity index (χ1) is 10.1. The van der Waals surface area contributed by atoms with Gasteiger partial charge in [0.05, 0.1) is 5.02 Å². The number of phenols is 1. The van der Waals surface area contributed by atoms with Crippen molar-refractivity contribution in [1.82, 2.24) is 14.3 Å². The summed E-state index contributed by atoms with van der Waals surface area (Å²) in [5, 5.41) is 10.6. The highest BCUT2D eigenvalue weighted by atomic mass is 35.5. The van der Waals surface area contributed by atoms with Crippen LogP contribution in [-0.2, 0) is 11.1 Å². The van der Waals surface area contributed by atoms with E-state index in [1.807, 2.05) is 0 Å². The van der Waals surface area contributed by atoms with Crippen molar-refractivity contribution < 1.29 is 13.9 Å². The van der Waals surface area contributed by atoms with Crippen molar-refractivity contribution in [3.05, 3.63) is 46.3 Å². The first kappa shape index (κ1) is 14.3. The molecule has 3 aromatic rings. The number of halogens is 1. The Morgan fingerprint density at radius 1 is 1.38 bits per heavy atom. The predicted octanol–water partition coefficient (Wildman–Crippen LogP) is 2.76. The van der Waals surface area contributed by atoms with Crippen LogP contribution in [-0.4, -0.2) is 28.2 Å². The van der Waals surface area contributed by atoms with Crippen molar-refractivity contribution in [1.29, 1.82) is 0 Å². The van der Waals surface area contributed by atoms with Crippen LogP contribution in [0.4, 0.5) is 0 Å². The zero-order valence-corrected chi connectivity index (χ0v) is 12.7. The molecule has 1 aromatic carbocycles. The Morgan fingerprint density at radius 3 is 2.86 bits per heavy atom. The van der Waals surface area contributed by atoms with Crippen LogP contribution in [0.1, 0.15) is 15.8 Å². The molecule has 2 unspecified atom stereocenters. The molecule has 2 atom stereocenters. The van der Waals surface area contributed by atoms with E-state index in [1.54, 1.807) is 12.1 Å². The van der Waals surface area contributed by atoms with E-state index in [2.05, 4.69) is 14.3 Å². The lowest BCUT2D eigenvalue weighted by molar-refractivity contribution is 0.472. The molecule has 0 saturated carbocycles. The van der Waals surface area contributed by atoms with Crippen LogP contribution in [0.25, 0.3) is 10.9 Å². The largest absolute Gasteiger partial charge is 0.505 e. The van der Waals surface area contributed by atoms with Crippen LogP contribution in [0.2, 0.25) is 5.02 Å². The summed E-state index contributed by atoms with van der Waals surface area (Å²) in [5.41, 5.74) is 0.476. The highest BCUT2D eigenvalue weighted by molar-refractivity contribution is 7.79. The van der Waals surface area contributed by atoms with Crippen molar-refractivity contribution in [2.45, 2.75) is 5.25 Å². The Kier molecular flexibility index (Phi) is 3.85. The lowest BCUT2D eigenvalue weighted by atomic mass is 10.1. The van der Waals surface area contributed by atoms with Crippen LogP contribution in [0.3, 0.4) is 0 Å². The number of aromatic hydroxyl groups is 1. The summed E-state index contributed by atoms with van der Waals surface area (Å²) in [6.45, 7) is 0. The van der Waals surface area contributed by atoms with Gasteiger partial charge in [0.15, 0.2) is 11.1 Å². The van der Waals surface area contributed by atoms with E-state index in [0.717, 1.165) is 11.5 Å². The van der Waals surface area contributed by atoms with Crippen LogP contribution in [0.5, 0.6) is 5.75 Å². The molecule has 0 aliphatic rings. The van der Waals surface area contributed by atoms with Crippen molar-refractivity contribution >= 4 is 45.1 Å². The normalized spacial score (nSPS) is 14.2. The lowest BCUT2D eigenvalue weighted by Gasteiger charge is -2.14. The highest BCUT2D eigenvalue weighted by Gasteiger charge is 2.28.